The van der Waals surface area contributed by atoms with Crippen LogP contribution in [0.2, 0.25) is 5.02 Å². The molecule has 1 aromatic heterocycles. The standard InChI is InChI=1S/C17H20ClNO3/c18-13-9-11-1-2-15(20)22-16(11)12(10-13)3-6-17(21)7-4-14(19)5-8-17/h1-2,9-10,14,21H,3-8,19H2/t14-,17+. The molecule has 5 heteroatoms. The predicted octanol–water partition coefficient (Wildman–Crippen LogP) is 3.01. The number of nitrogens with two attached hydrogens (primary N) is 1. The van der Waals surface area contributed by atoms with Crippen LogP contribution in [0.25, 0.3) is 11.0 Å². The highest BCUT2D eigenvalue weighted by atomic mass is 35.5. The Morgan fingerprint density at radius 2 is 2.05 bits per heavy atom. The lowest BCUT2D eigenvalue weighted by Gasteiger charge is -2.34. The Labute approximate surface area is 133 Å². The van der Waals surface area contributed by atoms with E-state index in [4.69, 9.17) is 21.8 Å². The lowest BCUT2D eigenvalue weighted by atomic mass is 9.79. The van der Waals surface area contributed by atoms with Crippen molar-refractivity contribution < 1.29 is 9.52 Å². The second-order valence-electron chi connectivity index (χ2n) is 6.30. The number of rotatable bonds is 3. The SMILES string of the molecule is N[C@H]1CC[C@](O)(CCc2cc(Cl)cc3ccc(=O)oc23)CC1. The minimum atomic E-state index is -0.681. The van der Waals surface area contributed by atoms with Gasteiger partial charge in [0.2, 0.25) is 0 Å². The van der Waals surface area contributed by atoms with Crippen molar-refractivity contribution in [1.29, 1.82) is 0 Å². The Kier molecular flexibility index (Phi) is 4.26. The molecule has 4 nitrogen and oxygen atoms in total. The number of aliphatic hydroxyl groups is 1. The van der Waals surface area contributed by atoms with Gasteiger partial charge in [0, 0.05) is 22.5 Å². The Morgan fingerprint density at radius 3 is 2.77 bits per heavy atom. The number of fused-ring (bicyclic) bond motifs is 1. The van der Waals surface area contributed by atoms with Gasteiger partial charge in [-0.05, 0) is 62.3 Å². The van der Waals surface area contributed by atoms with Crippen molar-refractivity contribution in [3.8, 4) is 0 Å². The Bertz CT molecular complexity index is 732. The second kappa shape index (κ2) is 6.03. The smallest absolute Gasteiger partial charge is 0.336 e. The van der Waals surface area contributed by atoms with Gasteiger partial charge in [0.25, 0.3) is 0 Å². The molecule has 1 heterocycles. The van der Waals surface area contributed by atoms with Gasteiger partial charge in [-0.2, -0.15) is 0 Å². The van der Waals surface area contributed by atoms with Crippen LogP contribution in [0, 0.1) is 0 Å². The fourth-order valence-corrected chi connectivity index (χ4v) is 3.44. The zero-order valence-corrected chi connectivity index (χ0v) is 13.1. The van der Waals surface area contributed by atoms with Gasteiger partial charge in [-0.25, -0.2) is 4.79 Å². The van der Waals surface area contributed by atoms with Crippen molar-refractivity contribution >= 4 is 22.6 Å². The van der Waals surface area contributed by atoms with Gasteiger partial charge in [0.1, 0.15) is 5.58 Å². The van der Waals surface area contributed by atoms with E-state index in [-0.39, 0.29) is 11.7 Å². The van der Waals surface area contributed by atoms with Crippen molar-refractivity contribution in [1.82, 2.24) is 0 Å². The highest BCUT2D eigenvalue weighted by Gasteiger charge is 2.31. The minimum absolute atomic E-state index is 0.199. The van der Waals surface area contributed by atoms with E-state index in [0.29, 0.717) is 23.4 Å². The molecule has 3 rings (SSSR count). The number of halogens is 1. The molecule has 0 radical (unpaired) electrons. The lowest BCUT2D eigenvalue weighted by molar-refractivity contribution is -0.00747. The highest BCUT2D eigenvalue weighted by Crippen LogP contribution is 2.33. The largest absolute Gasteiger partial charge is 0.422 e. The van der Waals surface area contributed by atoms with E-state index in [2.05, 4.69) is 0 Å². The maximum atomic E-state index is 11.5. The van der Waals surface area contributed by atoms with Gasteiger partial charge >= 0.3 is 5.63 Å². The van der Waals surface area contributed by atoms with Crippen LogP contribution >= 0.6 is 11.6 Å². The van der Waals surface area contributed by atoms with Gasteiger partial charge in [-0.1, -0.05) is 11.6 Å². The molecule has 1 aromatic carbocycles. The molecule has 118 valence electrons. The summed E-state index contributed by atoms with van der Waals surface area (Å²) in [6.07, 6.45) is 4.38. The second-order valence-corrected chi connectivity index (χ2v) is 6.74. The van der Waals surface area contributed by atoms with Gasteiger partial charge in [-0.15, -0.1) is 0 Å². The molecule has 2 aromatic rings. The van der Waals surface area contributed by atoms with Crippen molar-refractivity contribution in [3.05, 3.63) is 45.3 Å². The quantitative estimate of drug-likeness (QED) is 0.852. The van der Waals surface area contributed by atoms with Crippen LogP contribution in [0.4, 0.5) is 0 Å². The van der Waals surface area contributed by atoms with Crippen LogP contribution in [-0.4, -0.2) is 16.7 Å². The van der Waals surface area contributed by atoms with Crippen LogP contribution < -0.4 is 11.4 Å². The Balaban J connectivity index is 1.84. The molecule has 0 bridgehead atoms. The van der Waals surface area contributed by atoms with E-state index < -0.39 is 5.60 Å². The summed E-state index contributed by atoms with van der Waals surface area (Å²) in [4.78, 5) is 11.5. The van der Waals surface area contributed by atoms with Gasteiger partial charge in [-0.3, -0.25) is 0 Å². The van der Waals surface area contributed by atoms with Gasteiger partial charge in [0.15, 0.2) is 0 Å². The average molecular weight is 322 g/mol. The van der Waals surface area contributed by atoms with Crippen molar-refractivity contribution in [2.24, 2.45) is 5.73 Å². The minimum Gasteiger partial charge on any atom is -0.422 e. The predicted molar refractivity (Wildman–Crippen MR) is 87.2 cm³/mol. The molecule has 3 N–H and O–H groups in total. The molecule has 0 saturated heterocycles. The molecule has 22 heavy (non-hydrogen) atoms. The van der Waals surface area contributed by atoms with E-state index in [1.807, 2.05) is 6.07 Å². The fourth-order valence-electron chi connectivity index (χ4n) is 3.19. The summed E-state index contributed by atoms with van der Waals surface area (Å²) in [5, 5.41) is 12.1. The van der Waals surface area contributed by atoms with Gasteiger partial charge < -0.3 is 15.3 Å². The summed E-state index contributed by atoms with van der Waals surface area (Å²) < 4.78 is 5.32. The maximum Gasteiger partial charge on any atom is 0.336 e. The first-order valence-electron chi connectivity index (χ1n) is 7.65. The summed E-state index contributed by atoms with van der Waals surface area (Å²) in [6.45, 7) is 0. The van der Waals surface area contributed by atoms with Crippen molar-refractivity contribution in [3.63, 3.8) is 0 Å². The molecule has 0 amide bonds. The molecule has 1 fully saturated rings. The average Bonchev–Trinajstić information content (AvgIpc) is 2.49. The first-order valence-corrected chi connectivity index (χ1v) is 8.03. The van der Waals surface area contributed by atoms with E-state index in [0.717, 1.165) is 36.6 Å². The van der Waals surface area contributed by atoms with E-state index in [1.54, 1.807) is 12.1 Å². The number of hydrogen-bond acceptors (Lipinski definition) is 4. The number of aryl methyl sites for hydroxylation is 1. The third kappa shape index (κ3) is 3.35. The first kappa shape index (κ1) is 15.5. The number of hydrogen-bond donors (Lipinski definition) is 2. The van der Waals surface area contributed by atoms with E-state index in [1.165, 1.54) is 6.07 Å². The Morgan fingerprint density at radius 1 is 1.32 bits per heavy atom. The lowest BCUT2D eigenvalue weighted by Crippen LogP contribution is -2.39. The van der Waals surface area contributed by atoms with Crippen LogP contribution in [0.15, 0.2) is 33.5 Å². The highest BCUT2D eigenvalue weighted by molar-refractivity contribution is 6.31. The summed E-state index contributed by atoms with van der Waals surface area (Å²) in [5.41, 5.74) is 6.27. The molecule has 0 aliphatic heterocycles. The third-order valence-corrected chi connectivity index (χ3v) is 4.80. The zero-order chi connectivity index (χ0) is 15.7. The van der Waals surface area contributed by atoms with Crippen LogP contribution in [-0.2, 0) is 6.42 Å². The molecule has 1 saturated carbocycles. The molecule has 0 atom stereocenters. The van der Waals surface area contributed by atoms with Crippen molar-refractivity contribution in [2.75, 3.05) is 0 Å². The third-order valence-electron chi connectivity index (χ3n) is 4.58. The van der Waals surface area contributed by atoms with Gasteiger partial charge in [0.05, 0.1) is 5.60 Å². The fraction of sp³-hybridized carbons (Fsp3) is 0.471. The molecule has 0 unspecified atom stereocenters. The first-order chi connectivity index (χ1) is 10.5. The molecule has 1 aliphatic carbocycles. The summed E-state index contributed by atoms with van der Waals surface area (Å²) in [6, 6.07) is 6.89. The van der Waals surface area contributed by atoms with Crippen LogP contribution in [0.5, 0.6) is 0 Å². The summed E-state index contributed by atoms with van der Waals surface area (Å²) in [7, 11) is 0. The Hall–Kier alpha value is -1.36. The molecule has 1 aliphatic rings. The normalized spacial score (nSPS) is 25.5. The van der Waals surface area contributed by atoms with E-state index in [9.17, 15) is 9.90 Å². The topological polar surface area (TPSA) is 76.5 Å². The number of benzene rings is 1. The summed E-state index contributed by atoms with van der Waals surface area (Å²) in [5.74, 6) is 0. The van der Waals surface area contributed by atoms with Crippen LogP contribution in [0.3, 0.4) is 0 Å². The monoisotopic (exact) mass is 321 g/mol. The van der Waals surface area contributed by atoms with E-state index >= 15 is 0 Å². The summed E-state index contributed by atoms with van der Waals surface area (Å²) >= 11 is 6.14. The van der Waals surface area contributed by atoms with Crippen LogP contribution in [0.1, 0.15) is 37.7 Å². The molecular formula is C17H20ClNO3. The maximum absolute atomic E-state index is 11.5. The molecular weight excluding hydrogens is 302 g/mol. The zero-order valence-electron chi connectivity index (χ0n) is 12.3. The van der Waals surface area contributed by atoms with Crippen molar-refractivity contribution in [2.45, 2.75) is 50.2 Å². The molecule has 0 spiro atoms.